The van der Waals surface area contributed by atoms with Gasteiger partial charge in [-0.05, 0) is 24.3 Å². The van der Waals surface area contributed by atoms with Crippen molar-refractivity contribution in [2.24, 2.45) is 0 Å². The minimum Gasteiger partial charge on any atom is -0.419 e. The summed E-state index contributed by atoms with van der Waals surface area (Å²) in [5, 5.41) is -0.435. The maximum atomic E-state index is 13.8. The van der Waals surface area contributed by atoms with Gasteiger partial charge in [0.05, 0.1) is 10.6 Å². The zero-order valence-electron chi connectivity index (χ0n) is 9.82. The van der Waals surface area contributed by atoms with Crippen LogP contribution >= 0.6 is 11.6 Å². The Morgan fingerprint density at radius 3 is 2.60 bits per heavy atom. The van der Waals surface area contributed by atoms with E-state index in [1.165, 1.54) is 18.3 Å². The second-order valence-electron chi connectivity index (χ2n) is 3.68. The van der Waals surface area contributed by atoms with Crippen LogP contribution in [0, 0.1) is 5.82 Å². The maximum Gasteiger partial charge on any atom is 0.362 e. The van der Waals surface area contributed by atoms with Crippen LogP contribution in [0.1, 0.15) is 22.5 Å². The number of rotatable bonds is 3. The Morgan fingerprint density at radius 1 is 1.25 bits per heavy atom. The van der Waals surface area contributed by atoms with Crippen LogP contribution in [0.2, 0.25) is 5.02 Å². The molecule has 1 aromatic carbocycles. The van der Waals surface area contributed by atoms with Gasteiger partial charge in [-0.15, -0.1) is 0 Å². The molecule has 20 heavy (non-hydrogen) atoms. The first-order valence-electron chi connectivity index (χ1n) is 5.40. The Labute approximate surface area is 117 Å². The molecule has 1 aromatic heterocycles. The predicted octanol–water partition coefficient (Wildman–Crippen LogP) is 4.03. The van der Waals surface area contributed by atoms with Crippen molar-refractivity contribution in [2.45, 2.75) is 6.43 Å². The van der Waals surface area contributed by atoms with Crippen molar-refractivity contribution in [3.63, 3.8) is 0 Å². The number of halogens is 4. The second kappa shape index (κ2) is 5.92. The van der Waals surface area contributed by atoms with Gasteiger partial charge in [0.15, 0.2) is 11.6 Å². The van der Waals surface area contributed by atoms with Crippen molar-refractivity contribution in [3.8, 4) is 5.75 Å². The summed E-state index contributed by atoms with van der Waals surface area (Å²) in [6, 6.07) is 6.50. The summed E-state index contributed by atoms with van der Waals surface area (Å²) in [5.41, 5.74) is -1.07. The van der Waals surface area contributed by atoms with Gasteiger partial charge in [-0.3, -0.25) is 0 Å². The third-order valence-corrected chi connectivity index (χ3v) is 2.72. The summed E-state index contributed by atoms with van der Waals surface area (Å²) >= 11 is 5.48. The number of esters is 1. The normalized spacial score (nSPS) is 10.7. The van der Waals surface area contributed by atoms with Gasteiger partial charge in [0.25, 0.3) is 6.43 Å². The molecule has 0 aliphatic rings. The van der Waals surface area contributed by atoms with Crippen molar-refractivity contribution in [2.75, 3.05) is 0 Å². The maximum absolute atomic E-state index is 13.8. The Hall–Kier alpha value is -2.08. The highest BCUT2D eigenvalue weighted by molar-refractivity contribution is 6.31. The Balaban J connectivity index is 2.31. The number of hydrogen-bond acceptors (Lipinski definition) is 3. The SMILES string of the molecule is O=C(Oc1ccc(Cl)c(C(F)F)c1F)c1ccccn1. The van der Waals surface area contributed by atoms with E-state index < -0.39 is 34.5 Å². The van der Waals surface area contributed by atoms with E-state index in [-0.39, 0.29) is 5.69 Å². The first-order valence-corrected chi connectivity index (χ1v) is 5.77. The van der Waals surface area contributed by atoms with Crippen molar-refractivity contribution < 1.29 is 22.7 Å². The van der Waals surface area contributed by atoms with E-state index in [1.54, 1.807) is 6.07 Å². The van der Waals surface area contributed by atoms with E-state index in [0.29, 0.717) is 0 Å². The molecule has 2 rings (SSSR count). The van der Waals surface area contributed by atoms with Gasteiger partial charge >= 0.3 is 5.97 Å². The van der Waals surface area contributed by atoms with Crippen molar-refractivity contribution in [3.05, 3.63) is 58.6 Å². The topological polar surface area (TPSA) is 39.2 Å². The van der Waals surface area contributed by atoms with Gasteiger partial charge in [-0.1, -0.05) is 17.7 Å². The summed E-state index contributed by atoms with van der Waals surface area (Å²) in [6.45, 7) is 0. The highest BCUT2D eigenvalue weighted by atomic mass is 35.5. The molecule has 0 saturated carbocycles. The summed E-state index contributed by atoms with van der Waals surface area (Å²) in [7, 11) is 0. The van der Waals surface area contributed by atoms with E-state index in [2.05, 4.69) is 4.98 Å². The monoisotopic (exact) mass is 301 g/mol. The number of carbonyl (C=O) groups excluding carboxylic acids is 1. The molecule has 0 amide bonds. The first kappa shape index (κ1) is 14.3. The average Bonchev–Trinajstić information content (AvgIpc) is 2.42. The van der Waals surface area contributed by atoms with E-state index in [0.717, 1.165) is 12.1 Å². The van der Waals surface area contributed by atoms with Gasteiger partial charge in [-0.25, -0.2) is 22.9 Å². The number of ether oxygens (including phenoxy) is 1. The first-order chi connectivity index (χ1) is 9.50. The van der Waals surface area contributed by atoms with Crippen molar-refractivity contribution in [1.82, 2.24) is 4.98 Å². The van der Waals surface area contributed by atoms with Crippen LogP contribution < -0.4 is 4.74 Å². The Morgan fingerprint density at radius 2 is 2.00 bits per heavy atom. The molecule has 0 fully saturated rings. The van der Waals surface area contributed by atoms with Crippen LogP contribution in [-0.4, -0.2) is 11.0 Å². The van der Waals surface area contributed by atoms with Gasteiger partial charge in [0, 0.05) is 6.20 Å². The fraction of sp³-hybridized carbons (Fsp3) is 0.0769. The lowest BCUT2D eigenvalue weighted by molar-refractivity contribution is 0.0718. The minimum atomic E-state index is -3.11. The molecule has 0 atom stereocenters. The lowest BCUT2D eigenvalue weighted by Gasteiger charge is -2.09. The lowest BCUT2D eigenvalue weighted by atomic mass is 10.2. The number of nitrogens with zero attached hydrogens (tertiary/aromatic N) is 1. The molecule has 0 N–H and O–H groups in total. The standard InChI is InChI=1S/C13H7ClF3NO2/c14-7-4-5-9(11(15)10(7)12(16)17)20-13(19)8-3-1-2-6-18-8/h1-6,12H. The van der Waals surface area contributed by atoms with E-state index in [1.807, 2.05) is 0 Å². The van der Waals surface area contributed by atoms with Crippen molar-refractivity contribution >= 4 is 17.6 Å². The molecular weight excluding hydrogens is 295 g/mol. The molecule has 1 heterocycles. The zero-order chi connectivity index (χ0) is 14.7. The number of hydrogen-bond donors (Lipinski definition) is 0. The molecular formula is C13H7ClF3NO2. The van der Waals surface area contributed by atoms with Gasteiger partial charge < -0.3 is 4.74 Å². The molecule has 0 bridgehead atoms. The van der Waals surface area contributed by atoms with Crippen molar-refractivity contribution in [1.29, 1.82) is 0 Å². The van der Waals surface area contributed by atoms with Crippen LogP contribution in [0.25, 0.3) is 0 Å². The van der Waals surface area contributed by atoms with Gasteiger partial charge in [-0.2, -0.15) is 0 Å². The second-order valence-corrected chi connectivity index (χ2v) is 4.09. The summed E-state index contributed by atoms with van der Waals surface area (Å²) in [5.74, 6) is -2.94. The quantitative estimate of drug-likeness (QED) is 0.634. The number of pyridine rings is 1. The molecule has 7 heteroatoms. The summed E-state index contributed by atoms with van der Waals surface area (Å²) < 4.78 is 43.8. The smallest absolute Gasteiger partial charge is 0.362 e. The fourth-order valence-corrected chi connectivity index (χ4v) is 1.69. The Kier molecular flexibility index (Phi) is 4.24. The van der Waals surface area contributed by atoms with Gasteiger partial charge in [0.1, 0.15) is 5.69 Å². The molecule has 2 aromatic rings. The summed E-state index contributed by atoms with van der Waals surface area (Å²) in [6.07, 6.45) is -1.77. The van der Waals surface area contributed by atoms with Crippen LogP contribution in [-0.2, 0) is 0 Å². The van der Waals surface area contributed by atoms with E-state index in [9.17, 15) is 18.0 Å². The highest BCUT2D eigenvalue weighted by Crippen LogP contribution is 2.34. The van der Waals surface area contributed by atoms with Crippen LogP contribution in [0.15, 0.2) is 36.5 Å². The molecule has 104 valence electrons. The number of benzene rings is 1. The lowest BCUT2D eigenvalue weighted by Crippen LogP contribution is -2.12. The van der Waals surface area contributed by atoms with E-state index >= 15 is 0 Å². The van der Waals surface area contributed by atoms with Gasteiger partial charge in [0.2, 0.25) is 0 Å². The molecule has 0 spiro atoms. The third kappa shape index (κ3) is 2.91. The van der Waals surface area contributed by atoms with Crippen LogP contribution in [0.5, 0.6) is 5.75 Å². The molecule has 0 saturated heterocycles. The fourth-order valence-electron chi connectivity index (χ4n) is 1.46. The Bertz CT molecular complexity index is 635. The molecule has 0 aliphatic heterocycles. The largest absolute Gasteiger partial charge is 0.419 e. The average molecular weight is 302 g/mol. The minimum absolute atomic E-state index is 0.0690. The third-order valence-electron chi connectivity index (χ3n) is 2.39. The predicted molar refractivity (Wildman–Crippen MR) is 65.6 cm³/mol. The number of aromatic nitrogens is 1. The molecule has 3 nitrogen and oxygen atoms in total. The molecule has 0 unspecified atom stereocenters. The molecule has 0 aliphatic carbocycles. The summed E-state index contributed by atoms with van der Waals surface area (Å²) in [4.78, 5) is 15.4. The van der Waals surface area contributed by atoms with E-state index in [4.69, 9.17) is 16.3 Å². The molecule has 0 radical (unpaired) electrons. The number of alkyl halides is 2. The number of carbonyl (C=O) groups is 1. The zero-order valence-corrected chi connectivity index (χ0v) is 10.6. The van der Waals surface area contributed by atoms with Crippen LogP contribution in [0.3, 0.4) is 0 Å². The van der Waals surface area contributed by atoms with Crippen LogP contribution in [0.4, 0.5) is 13.2 Å². The highest BCUT2D eigenvalue weighted by Gasteiger charge is 2.23.